The van der Waals surface area contributed by atoms with Crippen LogP contribution in [0.4, 0.5) is 27.9 Å². The van der Waals surface area contributed by atoms with Crippen LogP contribution >= 0.6 is 23.2 Å². The monoisotopic (exact) mass is 466 g/mol. The minimum Gasteiger partial charge on any atom is -0.324 e. The van der Waals surface area contributed by atoms with Gasteiger partial charge in [0.25, 0.3) is 0 Å². The molecule has 7 nitrogen and oxygen atoms in total. The summed E-state index contributed by atoms with van der Waals surface area (Å²) in [6, 6.07) is 11.8. The number of likely N-dealkylation sites (tertiary alicyclic amines) is 1. The Bertz CT molecular complexity index is 1240. The van der Waals surface area contributed by atoms with Gasteiger partial charge in [0.05, 0.1) is 22.3 Å². The van der Waals surface area contributed by atoms with Crippen molar-refractivity contribution >= 4 is 52.4 Å². The van der Waals surface area contributed by atoms with Crippen molar-refractivity contribution in [3.63, 3.8) is 0 Å². The quantitative estimate of drug-likeness (QED) is 0.528. The van der Waals surface area contributed by atoms with E-state index in [2.05, 4.69) is 50.7 Å². The van der Waals surface area contributed by atoms with Crippen molar-refractivity contribution in [2.45, 2.75) is 24.9 Å². The molecule has 2 bridgehead atoms. The number of para-hydroxylation sites is 1. The third kappa shape index (κ3) is 3.11. The van der Waals surface area contributed by atoms with Crippen molar-refractivity contribution in [1.82, 2.24) is 14.9 Å². The first kappa shape index (κ1) is 19.8. The van der Waals surface area contributed by atoms with Crippen LogP contribution in [0.5, 0.6) is 0 Å². The van der Waals surface area contributed by atoms with E-state index in [1.54, 1.807) is 24.4 Å². The Labute approximate surface area is 195 Å². The molecule has 0 spiro atoms. The maximum Gasteiger partial charge on any atom is 0.327 e. The number of carbonyl (C=O) groups is 1. The number of aromatic nitrogens is 2. The molecule has 2 aliphatic heterocycles. The van der Waals surface area contributed by atoms with Crippen molar-refractivity contribution < 1.29 is 4.79 Å². The van der Waals surface area contributed by atoms with E-state index in [-0.39, 0.29) is 12.6 Å². The van der Waals surface area contributed by atoms with Crippen LogP contribution in [0.15, 0.2) is 42.6 Å². The van der Waals surface area contributed by atoms with Gasteiger partial charge in [0.2, 0.25) is 5.95 Å². The summed E-state index contributed by atoms with van der Waals surface area (Å²) in [6.07, 6.45) is 2.91. The van der Waals surface area contributed by atoms with Gasteiger partial charge in [-0.25, -0.2) is 9.78 Å². The minimum absolute atomic E-state index is 0.277. The van der Waals surface area contributed by atoms with E-state index in [1.807, 2.05) is 0 Å². The molecule has 1 aromatic heterocycles. The molecule has 6 rings (SSSR count). The number of hydrogen-bond donors (Lipinski definition) is 2. The Morgan fingerprint density at radius 2 is 1.97 bits per heavy atom. The van der Waals surface area contributed by atoms with Gasteiger partial charge < -0.3 is 5.32 Å². The number of fused-ring (bicyclic) bond motifs is 6. The lowest BCUT2D eigenvalue weighted by Gasteiger charge is -2.30. The summed E-state index contributed by atoms with van der Waals surface area (Å²) in [4.78, 5) is 25.7. The number of halogens is 2. The van der Waals surface area contributed by atoms with E-state index in [4.69, 9.17) is 23.2 Å². The van der Waals surface area contributed by atoms with E-state index in [9.17, 15) is 4.79 Å². The Morgan fingerprint density at radius 1 is 1.16 bits per heavy atom. The fraction of sp³-hybridized carbons (Fsp3) is 0.261. The lowest BCUT2D eigenvalue weighted by atomic mass is 9.99. The number of nitrogens with one attached hydrogen (secondary N) is 2. The Hall–Kier alpha value is -2.87. The fourth-order valence-corrected chi connectivity index (χ4v) is 5.66. The molecule has 0 radical (unpaired) electrons. The second-order valence-corrected chi connectivity index (χ2v) is 9.33. The summed E-state index contributed by atoms with van der Waals surface area (Å²) in [7, 11) is 2.18. The molecule has 2 aromatic carbocycles. The zero-order valence-corrected chi connectivity index (χ0v) is 18.8. The molecule has 2 unspecified atom stereocenters. The van der Waals surface area contributed by atoms with Gasteiger partial charge in [-0.15, -0.1) is 0 Å². The predicted molar refractivity (Wildman–Crippen MR) is 126 cm³/mol. The van der Waals surface area contributed by atoms with Gasteiger partial charge in [0, 0.05) is 30.0 Å². The van der Waals surface area contributed by atoms with Crippen LogP contribution in [0.25, 0.3) is 0 Å². The summed E-state index contributed by atoms with van der Waals surface area (Å²) in [5, 5.41) is 6.93. The van der Waals surface area contributed by atoms with Crippen molar-refractivity contribution in [2.24, 2.45) is 0 Å². The van der Waals surface area contributed by atoms with Crippen molar-refractivity contribution in [3.8, 4) is 0 Å². The van der Waals surface area contributed by atoms with Crippen LogP contribution in [-0.4, -0.2) is 34.5 Å². The first-order chi connectivity index (χ1) is 15.5. The summed E-state index contributed by atoms with van der Waals surface area (Å²) >= 11 is 12.6. The number of carbonyl (C=O) groups excluding carboxylic acids is 1. The summed E-state index contributed by atoms with van der Waals surface area (Å²) in [5.74, 6) is 1.55. The van der Waals surface area contributed by atoms with Gasteiger partial charge in [-0.3, -0.25) is 15.1 Å². The third-order valence-electron chi connectivity index (χ3n) is 6.56. The molecular formula is C23H20Cl2N6O. The van der Waals surface area contributed by atoms with Crippen molar-refractivity contribution in [2.75, 3.05) is 29.1 Å². The first-order valence-corrected chi connectivity index (χ1v) is 11.2. The number of anilines is 4. The molecule has 9 heteroatoms. The van der Waals surface area contributed by atoms with Gasteiger partial charge in [0.15, 0.2) is 0 Å². The normalized spacial score (nSPS) is 21.3. The predicted octanol–water partition coefficient (Wildman–Crippen LogP) is 5.55. The lowest BCUT2D eigenvalue weighted by Crippen LogP contribution is -2.39. The van der Waals surface area contributed by atoms with Crippen LogP contribution in [-0.2, 0) is 6.54 Å². The topological polar surface area (TPSA) is 73.4 Å². The van der Waals surface area contributed by atoms with Gasteiger partial charge in [-0.2, -0.15) is 4.98 Å². The average Bonchev–Trinajstić information content (AvgIpc) is 3.31. The number of likely N-dealkylation sites (N-methyl/N-ethyl adjacent to an activating group) is 1. The fourth-order valence-electron chi connectivity index (χ4n) is 5.06. The van der Waals surface area contributed by atoms with E-state index >= 15 is 0 Å². The molecule has 1 aliphatic carbocycles. The van der Waals surface area contributed by atoms with E-state index in [1.165, 1.54) is 22.4 Å². The summed E-state index contributed by atoms with van der Waals surface area (Å²) < 4.78 is 0. The third-order valence-corrected chi connectivity index (χ3v) is 7.17. The maximum atomic E-state index is 12.8. The Morgan fingerprint density at radius 3 is 2.78 bits per heavy atom. The standard InChI is InChI=1S/C23H20Cl2N6O/c1-30-10-12-7-19(30)16-8-14(5-6-15(12)16)27-22-26-9-13-11-31(23(32)29-21(13)28-22)20-17(24)3-2-4-18(20)25/h2-6,8-9,12,19H,7,10-11H2,1H3,(H2,26,27,28,29,32). The zero-order chi connectivity index (χ0) is 22.0. The zero-order valence-electron chi connectivity index (χ0n) is 17.3. The lowest BCUT2D eigenvalue weighted by molar-refractivity contribution is 0.256. The number of benzene rings is 2. The number of urea groups is 1. The molecule has 1 saturated heterocycles. The van der Waals surface area contributed by atoms with E-state index in [0.717, 1.165) is 17.8 Å². The second-order valence-electron chi connectivity index (χ2n) is 8.51. The SMILES string of the molecule is CN1CC2CC1c1cc(Nc3ncc4c(n3)NC(=O)N(c3c(Cl)cccc3Cl)C4)ccc12. The number of amides is 2. The summed E-state index contributed by atoms with van der Waals surface area (Å²) in [6.45, 7) is 1.41. The maximum absolute atomic E-state index is 12.8. The molecule has 162 valence electrons. The highest BCUT2D eigenvalue weighted by Gasteiger charge is 2.40. The molecule has 32 heavy (non-hydrogen) atoms. The van der Waals surface area contributed by atoms with Crippen LogP contribution < -0.4 is 15.5 Å². The largest absolute Gasteiger partial charge is 0.327 e. The number of hydrogen-bond acceptors (Lipinski definition) is 5. The van der Waals surface area contributed by atoms with Crippen LogP contribution in [0.1, 0.15) is 35.1 Å². The molecule has 2 amide bonds. The van der Waals surface area contributed by atoms with Gasteiger partial charge >= 0.3 is 6.03 Å². The summed E-state index contributed by atoms with van der Waals surface area (Å²) in [5.41, 5.74) is 5.02. The minimum atomic E-state index is -0.339. The van der Waals surface area contributed by atoms with Crippen LogP contribution in [0.2, 0.25) is 10.0 Å². The van der Waals surface area contributed by atoms with Crippen molar-refractivity contribution in [1.29, 1.82) is 0 Å². The van der Waals surface area contributed by atoms with Crippen LogP contribution in [0.3, 0.4) is 0 Å². The number of nitrogens with zero attached hydrogens (tertiary/aromatic N) is 4. The average molecular weight is 467 g/mol. The van der Waals surface area contributed by atoms with Gasteiger partial charge in [-0.05, 0) is 54.8 Å². The molecule has 3 heterocycles. The first-order valence-electron chi connectivity index (χ1n) is 10.5. The highest BCUT2D eigenvalue weighted by molar-refractivity contribution is 6.40. The molecule has 1 fully saturated rings. The van der Waals surface area contributed by atoms with E-state index in [0.29, 0.717) is 39.5 Å². The second kappa shape index (κ2) is 7.33. The van der Waals surface area contributed by atoms with Gasteiger partial charge in [0.1, 0.15) is 5.82 Å². The molecule has 3 aromatic rings. The Kier molecular flexibility index (Phi) is 4.54. The molecule has 2 atom stereocenters. The molecule has 3 aliphatic rings. The van der Waals surface area contributed by atoms with Gasteiger partial charge in [-0.1, -0.05) is 35.3 Å². The highest BCUT2D eigenvalue weighted by Crippen LogP contribution is 2.50. The molecule has 2 N–H and O–H groups in total. The Balaban J connectivity index is 1.25. The molecule has 0 saturated carbocycles. The number of rotatable bonds is 3. The highest BCUT2D eigenvalue weighted by atomic mass is 35.5. The smallest absolute Gasteiger partial charge is 0.324 e. The van der Waals surface area contributed by atoms with Crippen LogP contribution in [0, 0.1) is 0 Å². The van der Waals surface area contributed by atoms with Crippen molar-refractivity contribution in [3.05, 3.63) is 69.3 Å². The molecular weight excluding hydrogens is 447 g/mol. The van der Waals surface area contributed by atoms with E-state index < -0.39 is 0 Å².